The van der Waals surface area contributed by atoms with Gasteiger partial charge in [-0.3, -0.25) is 5.73 Å². The molecule has 37 valence electrons. The van der Waals surface area contributed by atoms with E-state index in [1.807, 2.05) is 6.92 Å². The minimum absolute atomic E-state index is 0.148. The van der Waals surface area contributed by atoms with Crippen molar-refractivity contribution < 1.29 is 0 Å². The van der Waals surface area contributed by atoms with E-state index in [1.54, 1.807) is 0 Å². The van der Waals surface area contributed by atoms with Gasteiger partial charge in [-0.05, 0) is 13.3 Å². The second kappa shape index (κ2) is 3.16. The zero-order chi connectivity index (χ0) is 4.99. The normalized spacial score (nSPS) is 14.5. The molecule has 1 atom stereocenters. The molecule has 0 fully saturated rings. The lowest BCUT2D eigenvalue weighted by Gasteiger charge is -1.95. The lowest BCUT2D eigenvalue weighted by molar-refractivity contribution is 0.636. The topological polar surface area (TPSA) is 23.8 Å². The molecule has 0 amide bonds. The summed E-state index contributed by atoms with van der Waals surface area (Å²) < 4.78 is 0. The Morgan fingerprint density at radius 1 is 1.67 bits per heavy atom. The highest BCUT2D eigenvalue weighted by molar-refractivity contribution is 4.46. The van der Waals surface area contributed by atoms with Crippen molar-refractivity contribution in [1.82, 2.24) is 5.73 Å². The second-order valence-corrected chi connectivity index (χ2v) is 1.69. The van der Waals surface area contributed by atoms with Gasteiger partial charge in [0.05, 0.1) is 0 Å². The third-order valence-electron chi connectivity index (χ3n) is 0.722. The Labute approximate surface area is 39.5 Å². The van der Waals surface area contributed by atoms with Crippen LogP contribution in [0.1, 0.15) is 26.7 Å². The standard InChI is InChI=1S/C5H12N/c1-3-4-5(2)6/h5-6H,3-4H2,1-2H3/t5-/m0/s1. The van der Waals surface area contributed by atoms with Crippen LogP contribution in [0.25, 0.3) is 0 Å². The first kappa shape index (κ1) is 5.96. The van der Waals surface area contributed by atoms with Crippen LogP contribution in [0.3, 0.4) is 0 Å². The van der Waals surface area contributed by atoms with E-state index in [9.17, 15) is 0 Å². The van der Waals surface area contributed by atoms with Gasteiger partial charge in [-0.15, -0.1) is 0 Å². The molecule has 1 radical (unpaired) electrons. The zero-order valence-corrected chi connectivity index (χ0v) is 4.49. The van der Waals surface area contributed by atoms with Gasteiger partial charge in [-0.1, -0.05) is 13.3 Å². The fourth-order valence-corrected chi connectivity index (χ4v) is 0.433. The maximum atomic E-state index is 6.98. The maximum absolute atomic E-state index is 6.98. The minimum atomic E-state index is 0.148. The summed E-state index contributed by atoms with van der Waals surface area (Å²) in [5.74, 6) is 0. The summed E-state index contributed by atoms with van der Waals surface area (Å²) in [4.78, 5) is 0. The van der Waals surface area contributed by atoms with Crippen molar-refractivity contribution in [1.29, 1.82) is 0 Å². The van der Waals surface area contributed by atoms with Gasteiger partial charge >= 0.3 is 0 Å². The van der Waals surface area contributed by atoms with Crippen LogP contribution < -0.4 is 5.73 Å². The van der Waals surface area contributed by atoms with Gasteiger partial charge in [0, 0.05) is 6.04 Å². The van der Waals surface area contributed by atoms with E-state index >= 15 is 0 Å². The Morgan fingerprint density at radius 3 is 2.17 bits per heavy atom. The average molecular weight is 86.2 g/mol. The largest absolute Gasteiger partial charge is 0.255 e. The highest BCUT2D eigenvalue weighted by Gasteiger charge is 1.86. The van der Waals surface area contributed by atoms with Gasteiger partial charge in [0.1, 0.15) is 0 Å². The van der Waals surface area contributed by atoms with Crippen molar-refractivity contribution in [3.63, 3.8) is 0 Å². The predicted molar refractivity (Wildman–Crippen MR) is 27.5 cm³/mol. The van der Waals surface area contributed by atoms with Crippen LogP contribution in [-0.4, -0.2) is 6.04 Å². The summed E-state index contributed by atoms with van der Waals surface area (Å²) in [6.45, 7) is 4.02. The zero-order valence-electron chi connectivity index (χ0n) is 4.49. The van der Waals surface area contributed by atoms with Crippen molar-refractivity contribution in [2.24, 2.45) is 0 Å². The van der Waals surface area contributed by atoms with E-state index in [0.717, 1.165) is 12.8 Å². The Balaban J connectivity index is 2.63. The second-order valence-electron chi connectivity index (χ2n) is 1.69. The lowest BCUT2D eigenvalue weighted by atomic mass is 10.2. The van der Waals surface area contributed by atoms with Crippen molar-refractivity contribution in [2.75, 3.05) is 0 Å². The van der Waals surface area contributed by atoms with Crippen molar-refractivity contribution in [3.05, 3.63) is 0 Å². The molecule has 1 heteroatoms. The molecule has 0 aromatic heterocycles. The van der Waals surface area contributed by atoms with Gasteiger partial charge < -0.3 is 0 Å². The summed E-state index contributed by atoms with van der Waals surface area (Å²) in [6, 6.07) is 0.148. The van der Waals surface area contributed by atoms with Crippen LogP contribution in [0.5, 0.6) is 0 Å². The molecule has 0 saturated carbocycles. The van der Waals surface area contributed by atoms with Gasteiger partial charge in [-0.25, -0.2) is 0 Å². The molecular weight excluding hydrogens is 74.1 g/mol. The molecule has 0 rings (SSSR count). The first-order valence-corrected chi connectivity index (χ1v) is 2.48. The lowest BCUT2D eigenvalue weighted by Crippen LogP contribution is -1.99. The fourth-order valence-electron chi connectivity index (χ4n) is 0.433. The SMILES string of the molecule is CCC[C@H](C)[NH]. The molecule has 0 bridgehead atoms. The molecule has 0 aliphatic rings. The molecule has 0 aromatic rings. The number of hydrogen-bond acceptors (Lipinski definition) is 0. The van der Waals surface area contributed by atoms with Crippen molar-refractivity contribution in [2.45, 2.75) is 32.7 Å². The predicted octanol–water partition coefficient (Wildman–Crippen LogP) is 1.46. The van der Waals surface area contributed by atoms with Crippen LogP contribution in [0.2, 0.25) is 0 Å². The molecule has 0 heterocycles. The van der Waals surface area contributed by atoms with E-state index < -0.39 is 0 Å². The smallest absolute Gasteiger partial charge is 0.0184 e. The molecule has 0 aliphatic heterocycles. The summed E-state index contributed by atoms with van der Waals surface area (Å²) in [5, 5.41) is 0. The first-order chi connectivity index (χ1) is 2.77. The van der Waals surface area contributed by atoms with Crippen LogP contribution in [-0.2, 0) is 0 Å². The Kier molecular flexibility index (Phi) is 3.14. The molecule has 0 unspecified atom stereocenters. The molecule has 0 aromatic carbocycles. The molecule has 0 spiro atoms. The third-order valence-corrected chi connectivity index (χ3v) is 0.722. The molecule has 1 nitrogen and oxygen atoms in total. The van der Waals surface area contributed by atoms with Gasteiger partial charge in [-0.2, -0.15) is 0 Å². The number of rotatable bonds is 2. The quantitative estimate of drug-likeness (QED) is 0.486. The van der Waals surface area contributed by atoms with Gasteiger partial charge in [0.2, 0.25) is 0 Å². The van der Waals surface area contributed by atoms with Crippen LogP contribution >= 0.6 is 0 Å². The van der Waals surface area contributed by atoms with E-state index in [4.69, 9.17) is 5.73 Å². The average Bonchev–Trinajstić information content (AvgIpc) is 1.35. The summed E-state index contributed by atoms with van der Waals surface area (Å²) in [5.41, 5.74) is 6.98. The Hall–Kier alpha value is -0.0400. The highest BCUT2D eigenvalue weighted by Crippen LogP contribution is 1.90. The summed E-state index contributed by atoms with van der Waals surface area (Å²) in [7, 11) is 0. The van der Waals surface area contributed by atoms with E-state index in [0.29, 0.717) is 0 Å². The van der Waals surface area contributed by atoms with E-state index in [2.05, 4.69) is 6.92 Å². The number of hydrogen-bond donors (Lipinski definition) is 0. The van der Waals surface area contributed by atoms with Crippen molar-refractivity contribution >= 4 is 0 Å². The van der Waals surface area contributed by atoms with Crippen LogP contribution in [0, 0.1) is 0 Å². The van der Waals surface area contributed by atoms with E-state index in [1.165, 1.54) is 0 Å². The minimum Gasteiger partial charge on any atom is -0.255 e. The van der Waals surface area contributed by atoms with Gasteiger partial charge in [0.25, 0.3) is 0 Å². The Morgan fingerprint density at radius 2 is 2.17 bits per heavy atom. The molecule has 0 aliphatic carbocycles. The number of nitrogens with one attached hydrogen (secondary N) is 1. The van der Waals surface area contributed by atoms with Gasteiger partial charge in [0.15, 0.2) is 0 Å². The molecule has 0 saturated heterocycles. The first-order valence-electron chi connectivity index (χ1n) is 2.48. The molecule has 1 N–H and O–H groups in total. The van der Waals surface area contributed by atoms with Crippen molar-refractivity contribution in [3.8, 4) is 0 Å². The van der Waals surface area contributed by atoms with Crippen LogP contribution in [0.15, 0.2) is 0 Å². The Bertz CT molecular complexity index is 25.1. The van der Waals surface area contributed by atoms with E-state index in [-0.39, 0.29) is 6.04 Å². The monoisotopic (exact) mass is 86.1 g/mol. The highest BCUT2D eigenvalue weighted by atomic mass is 14.6. The summed E-state index contributed by atoms with van der Waals surface area (Å²) in [6.07, 6.45) is 2.19. The fraction of sp³-hybridized carbons (Fsp3) is 1.00. The maximum Gasteiger partial charge on any atom is 0.0184 e. The summed E-state index contributed by atoms with van der Waals surface area (Å²) >= 11 is 0. The molecule has 6 heavy (non-hydrogen) atoms. The third kappa shape index (κ3) is 3.96. The van der Waals surface area contributed by atoms with Crippen LogP contribution in [0.4, 0.5) is 0 Å². The molecular formula is C5H12N.